The molecule has 3 nitrogen and oxygen atoms in total. The van der Waals surface area contributed by atoms with Crippen LogP contribution in [0, 0.1) is 6.07 Å². The standard InChI is InChI=1S/C10H12N3.Y/c11-7-1-2-10(13)8-3-5-9(12)6-4-8;/h1-5,7H,11-13H2;/q-1;/b7-1-,10-2-;. The Morgan fingerprint density at radius 1 is 1.36 bits per heavy atom. The Morgan fingerprint density at radius 3 is 2.57 bits per heavy atom. The normalized spacial score (nSPS) is 11.3. The molecule has 1 aromatic rings. The van der Waals surface area contributed by atoms with E-state index in [1.165, 1.54) is 6.20 Å². The van der Waals surface area contributed by atoms with E-state index in [4.69, 9.17) is 17.2 Å². The number of nitrogen functional groups attached to an aromatic ring is 1. The van der Waals surface area contributed by atoms with Gasteiger partial charge in [0.25, 0.3) is 0 Å². The zero-order valence-electron chi connectivity index (χ0n) is 7.77. The van der Waals surface area contributed by atoms with Gasteiger partial charge < -0.3 is 17.2 Å². The van der Waals surface area contributed by atoms with Crippen molar-refractivity contribution >= 4 is 11.4 Å². The number of anilines is 1. The fourth-order valence-corrected chi connectivity index (χ4v) is 0.872. The number of hydrogen-bond donors (Lipinski definition) is 3. The fourth-order valence-electron chi connectivity index (χ4n) is 0.872. The summed E-state index contributed by atoms with van der Waals surface area (Å²) in [7, 11) is 0. The molecule has 71 valence electrons. The number of allylic oxidation sites excluding steroid dienone is 2. The van der Waals surface area contributed by atoms with Crippen LogP contribution in [-0.4, -0.2) is 0 Å². The zero-order chi connectivity index (χ0) is 9.68. The van der Waals surface area contributed by atoms with Gasteiger partial charge in [-0.05, 0) is 24.0 Å². The van der Waals surface area contributed by atoms with E-state index >= 15 is 0 Å². The first kappa shape index (κ1) is 13.2. The fraction of sp³-hybridized carbons (Fsp3) is 0. The summed E-state index contributed by atoms with van der Waals surface area (Å²) in [5, 5.41) is 0. The first-order valence-electron chi connectivity index (χ1n) is 3.85. The maximum absolute atomic E-state index is 5.72. The number of hydrogen-bond acceptors (Lipinski definition) is 3. The molecule has 0 atom stereocenters. The summed E-state index contributed by atoms with van der Waals surface area (Å²) < 4.78 is 0. The van der Waals surface area contributed by atoms with E-state index in [0.29, 0.717) is 11.4 Å². The molecule has 14 heavy (non-hydrogen) atoms. The van der Waals surface area contributed by atoms with Crippen LogP contribution in [0.5, 0.6) is 0 Å². The van der Waals surface area contributed by atoms with Gasteiger partial charge in [0.1, 0.15) is 0 Å². The molecule has 6 N–H and O–H groups in total. The van der Waals surface area contributed by atoms with Crippen molar-refractivity contribution in [3.8, 4) is 0 Å². The van der Waals surface area contributed by atoms with Crippen molar-refractivity contribution in [2.75, 3.05) is 5.73 Å². The monoisotopic (exact) mass is 263 g/mol. The zero-order valence-corrected chi connectivity index (χ0v) is 10.6. The predicted molar refractivity (Wildman–Crippen MR) is 55.2 cm³/mol. The van der Waals surface area contributed by atoms with Crippen LogP contribution in [0.3, 0.4) is 0 Å². The van der Waals surface area contributed by atoms with Gasteiger partial charge in [-0.3, -0.25) is 0 Å². The second-order valence-electron chi connectivity index (χ2n) is 2.54. The summed E-state index contributed by atoms with van der Waals surface area (Å²) in [6.07, 6.45) is 4.82. The first-order valence-corrected chi connectivity index (χ1v) is 3.85. The third-order valence-electron chi connectivity index (χ3n) is 1.56. The second-order valence-corrected chi connectivity index (χ2v) is 2.54. The minimum absolute atomic E-state index is 0. The average Bonchev–Trinajstić information content (AvgIpc) is 2.15. The average molecular weight is 263 g/mol. The Hall–Kier alpha value is -0.796. The Balaban J connectivity index is 0.00000169. The molecule has 1 aromatic carbocycles. The predicted octanol–water partition coefficient (Wildman–Crippen LogP) is 0.838. The van der Waals surface area contributed by atoms with E-state index < -0.39 is 0 Å². The molecule has 0 saturated carbocycles. The maximum atomic E-state index is 5.72. The van der Waals surface area contributed by atoms with Crippen molar-refractivity contribution in [2.45, 2.75) is 0 Å². The van der Waals surface area contributed by atoms with Crippen molar-refractivity contribution in [2.24, 2.45) is 11.5 Å². The van der Waals surface area contributed by atoms with Crippen LogP contribution in [0.25, 0.3) is 5.70 Å². The van der Waals surface area contributed by atoms with Crippen molar-refractivity contribution < 1.29 is 32.7 Å². The van der Waals surface area contributed by atoms with Crippen molar-refractivity contribution in [1.29, 1.82) is 0 Å². The molecule has 0 bridgehead atoms. The Morgan fingerprint density at radius 2 is 2.07 bits per heavy atom. The van der Waals surface area contributed by atoms with Crippen LogP contribution in [0.1, 0.15) is 5.56 Å². The van der Waals surface area contributed by atoms with Gasteiger partial charge in [0.15, 0.2) is 0 Å². The van der Waals surface area contributed by atoms with Gasteiger partial charge in [0.2, 0.25) is 0 Å². The number of nitrogens with two attached hydrogens (primary N) is 3. The molecular weight excluding hydrogens is 251 g/mol. The smallest absolute Gasteiger partial charge is 0 e. The van der Waals surface area contributed by atoms with E-state index in [-0.39, 0.29) is 32.7 Å². The molecule has 0 unspecified atom stereocenters. The molecule has 0 aliphatic heterocycles. The molecular formula is C10H12N3Y-. The van der Waals surface area contributed by atoms with Crippen LogP contribution in [0.15, 0.2) is 36.6 Å². The minimum atomic E-state index is 0. The van der Waals surface area contributed by atoms with Crippen molar-refractivity contribution in [3.05, 3.63) is 48.2 Å². The third-order valence-corrected chi connectivity index (χ3v) is 1.56. The Bertz CT molecular complexity index is 328. The van der Waals surface area contributed by atoms with Gasteiger partial charge >= 0.3 is 0 Å². The molecule has 0 aromatic heterocycles. The number of rotatable bonds is 2. The molecule has 1 radical (unpaired) electrons. The summed E-state index contributed by atoms with van der Waals surface area (Å²) in [5.41, 5.74) is 18.5. The van der Waals surface area contributed by atoms with Crippen LogP contribution in [0.4, 0.5) is 5.69 Å². The van der Waals surface area contributed by atoms with Gasteiger partial charge in [-0.15, -0.1) is 11.6 Å². The van der Waals surface area contributed by atoms with Crippen LogP contribution >= 0.6 is 0 Å². The van der Waals surface area contributed by atoms with Gasteiger partial charge in [-0.2, -0.15) is 18.2 Å². The molecule has 0 spiro atoms. The summed E-state index contributed by atoms with van der Waals surface area (Å²) in [5.74, 6) is 0. The van der Waals surface area contributed by atoms with E-state index in [1.807, 2.05) is 6.07 Å². The largest absolute Gasteiger partial charge is 0.420 e. The summed E-state index contributed by atoms with van der Waals surface area (Å²) in [4.78, 5) is 0. The molecule has 0 amide bonds. The van der Waals surface area contributed by atoms with Crippen LogP contribution in [0.2, 0.25) is 0 Å². The number of benzene rings is 1. The molecule has 4 heteroatoms. The Labute approximate surface area is 109 Å². The van der Waals surface area contributed by atoms with E-state index in [0.717, 1.165) is 5.56 Å². The molecule has 0 fully saturated rings. The molecule has 0 heterocycles. The molecule has 0 aliphatic rings. The second kappa shape index (κ2) is 6.63. The van der Waals surface area contributed by atoms with Crippen molar-refractivity contribution in [3.63, 3.8) is 0 Å². The van der Waals surface area contributed by atoms with Crippen molar-refractivity contribution in [1.82, 2.24) is 0 Å². The van der Waals surface area contributed by atoms with E-state index in [2.05, 4.69) is 6.07 Å². The van der Waals surface area contributed by atoms with E-state index in [1.54, 1.807) is 24.3 Å². The maximum Gasteiger partial charge on any atom is 0 e. The third kappa shape index (κ3) is 3.94. The topological polar surface area (TPSA) is 78.1 Å². The minimum Gasteiger partial charge on any atom is -0.420 e. The quantitative estimate of drug-likeness (QED) is 0.420. The SMILES string of the molecule is N/C=C\C=C(/N)c1c[c-]c(N)cc1.[Y]. The van der Waals surface area contributed by atoms with Gasteiger partial charge in [0, 0.05) is 32.7 Å². The summed E-state index contributed by atoms with van der Waals surface area (Å²) >= 11 is 0. The van der Waals surface area contributed by atoms with Gasteiger partial charge in [-0.1, -0.05) is 5.69 Å². The van der Waals surface area contributed by atoms with E-state index in [9.17, 15) is 0 Å². The summed E-state index contributed by atoms with van der Waals surface area (Å²) in [6.45, 7) is 0. The van der Waals surface area contributed by atoms with Crippen LogP contribution < -0.4 is 17.2 Å². The Kier molecular flexibility index (Phi) is 6.25. The first-order chi connectivity index (χ1) is 6.24. The molecule has 0 saturated heterocycles. The van der Waals surface area contributed by atoms with Crippen LogP contribution in [-0.2, 0) is 32.7 Å². The molecule has 1 rings (SSSR count). The summed E-state index contributed by atoms with van der Waals surface area (Å²) in [6, 6.07) is 8.19. The van der Waals surface area contributed by atoms with Gasteiger partial charge in [-0.25, -0.2) is 0 Å². The van der Waals surface area contributed by atoms with Gasteiger partial charge in [0.05, 0.1) is 0 Å². The molecule has 0 aliphatic carbocycles.